The smallest absolute Gasteiger partial charge is 0.220 e. The average Bonchev–Trinajstić information content (AvgIpc) is 3.48. The molecule has 47 heavy (non-hydrogen) atoms. The molecule has 7 nitrogen and oxygen atoms in total. The number of benzene rings is 4. The van der Waals surface area contributed by atoms with E-state index in [0.29, 0.717) is 37.6 Å². The second kappa shape index (κ2) is 15.1. The van der Waals surface area contributed by atoms with Gasteiger partial charge in [0.1, 0.15) is 12.4 Å². The molecular weight excluding hydrogens is 586 g/mol. The molecule has 0 saturated heterocycles. The van der Waals surface area contributed by atoms with E-state index in [1.54, 1.807) is 20.4 Å². The molecule has 0 aliphatic carbocycles. The van der Waals surface area contributed by atoms with Gasteiger partial charge in [0.05, 0.1) is 14.2 Å². The molecule has 4 aromatic carbocycles. The second-order valence-corrected chi connectivity index (χ2v) is 11.4. The van der Waals surface area contributed by atoms with Crippen molar-refractivity contribution in [1.82, 2.24) is 14.9 Å². The number of aromatic nitrogens is 2. The molecule has 6 rings (SSSR count). The maximum absolute atomic E-state index is 13.6. The number of ether oxygens (including phenoxy) is 3. The summed E-state index contributed by atoms with van der Waals surface area (Å²) in [4.78, 5) is 17.9. The molecule has 238 valence electrons. The Kier molecular flexibility index (Phi) is 10.1. The molecule has 6 aromatic rings. The molecule has 0 bridgehead atoms. The highest BCUT2D eigenvalue weighted by Crippen LogP contribution is 2.39. The van der Waals surface area contributed by atoms with Gasteiger partial charge in [-0.05, 0) is 64.7 Å². The summed E-state index contributed by atoms with van der Waals surface area (Å²) in [5.41, 5.74) is 6.33. The van der Waals surface area contributed by atoms with Crippen LogP contribution in [-0.2, 0) is 24.4 Å². The summed E-state index contributed by atoms with van der Waals surface area (Å²) in [5, 5.41) is 4.24. The van der Waals surface area contributed by atoms with Gasteiger partial charge < -0.3 is 24.1 Å². The third kappa shape index (κ3) is 7.82. The highest BCUT2D eigenvalue weighted by Gasteiger charge is 2.24. The first-order chi connectivity index (χ1) is 23.1. The van der Waals surface area contributed by atoms with Gasteiger partial charge in [-0.25, -0.2) is 0 Å². The summed E-state index contributed by atoms with van der Waals surface area (Å²) in [6.07, 6.45) is 4.90. The van der Waals surface area contributed by atoms with Gasteiger partial charge in [0.2, 0.25) is 5.91 Å². The van der Waals surface area contributed by atoms with Crippen LogP contribution in [0.15, 0.2) is 128 Å². The van der Waals surface area contributed by atoms with Crippen LogP contribution < -0.4 is 19.5 Å². The van der Waals surface area contributed by atoms with Gasteiger partial charge in [-0.1, -0.05) is 72.8 Å². The number of hydrogen-bond acceptors (Lipinski definition) is 5. The normalized spacial score (nSPS) is 11.6. The number of hydrogen-bond donors (Lipinski definition) is 1. The molecule has 2 aromatic heterocycles. The van der Waals surface area contributed by atoms with Crippen molar-refractivity contribution < 1.29 is 19.0 Å². The Morgan fingerprint density at radius 1 is 0.809 bits per heavy atom. The van der Waals surface area contributed by atoms with E-state index in [2.05, 4.69) is 57.5 Å². The van der Waals surface area contributed by atoms with Crippen LogP contribution in [0.4, 0.5) is 0 Å². The minimum absolute atomic E-state index is 0.0266. The van der Waals surface area contributed by atoms with Crippen molar-refractivity contribution in [2.24, 2.45) is 0 Å². The molecule has 0 fully saturated rings. The van der Waals surface area contributed by atoms with Crippen molar-refractivity contribution in [3.05, 3.63) is 156 Å². The van der Waals surface area contributed by atoms with E-state index in [0.717, 1.165) is 44.6 Å². The topological polar surface area (TPSA) is 74.6 Å². The third-order valence-corrected chi connectivity index (χ3v) is 8.35. The van der Waals surface area contributed by atoms with E-state index in [4.69, 9.17) is 14.2 Å². The fourth-order valence-corrected chi connectivity index (χ4v) is 5.91. The number of para-hydroxylation sites is 1. The largest absolute Gasteiger partial charge is 0.497 e. The SMILES string of the molecule is COc1ccc(Cn2cc(C(CC(=O)NCCc3ccccn3)c3ccc(OCc4ccccc4)c(OC)c3)c3ccccc32)cc1. The average molecular weight is 626 g/mol. The molecule has 0 aliphatic rings. The molecule has 0 spiro atoms. The number of nitrogens with one attached hydrogen (secondary N) is 1. The van der Waals surface area contributed by atoms with Crippen LogP contribution in [0.1, 0.15) is 40.3 Å². The van der Waals surface area contributed by atoms with E-state index >= 15 is 0 Å². The monoisotopic (exact) mass is 625 g/mol. The van der Waals surface area contributed by atoms with E-state index in [9.17, 15) is 4.79 Å². The van der Waals surface area contributed by atoms with Gasteiger partial charge >= 0.3 is 0 Å². The first kappa shape index (κ1) is 31.4. The van der Waals surface area contributed by atoms with Crippen LogP contribution in [0.3, 0.4) is 0 Å². The number of carbonyl (C=O) groups is 1. The number of fused-ring (bicyclic) bond motifs is 1. The van der Waals surface area contributed by atoms with Crippen molar-refractivity contribution in [2.45, 2.75) is 31.9 Å². The number of nitrogens with zero attached hydrogens (tertiary/aromatic N) is 2. The van der Waals surface area contributed by atoms with Crippen LogP contribution in [0.2, 0.25) is 0 Å². The van der Waals surface area contributed by atoms with Crippen LogP contribution in [0.25, 0.3) is 10.9 Å². The predicted octanol–water partition coefficient (Wildman–Crippen LogP) is 7.56. The molecule has 0 saturated carbocycles. The summed E-state index contributed by atoms with van der Waals surface area (Å²) < 4.78 is 19.6. The van der Waals surface area contributed by atoms with Crippen molar-refractivity contribution in [2.75, 3.05) is 20.8 Å². The van der Waals surface area contributed by atoms with Gasteiger partial charge in [0.15, 0.2) is 11.5 Å². The summed E-state index contributed by atoms with van der Waals surface area (Å²) in [6.45, 7) is 1.62. The van der Waals surface area contributed by atoms with E-state index in [1.165, 1.54) is 0 Å². The summed E-state index contributed by atoms with van der Waals surface area (Å²) in [6, 6.07) is 38.4. The Labute approximate surface area is 275 Å². The third-order valence-electron chi connectivity index (χ3n) is 8.35. The van der Waals surface area contributed by atoms with Gasteiger partial charge in [0, 0.05) is 60.8 Å². The Morgan fingerprint density at radius 3 is 2.36 bits per heavy atom. The number of pyridine rings is 1. The summed E-state index contributed by atoms with van der Waals surface area (Å²) >= 11 is 0. The molecule has 1 atom stereocenters. The number of amides is 1. The zero-order valence-electron chi connectivity index (χ0n) is 26.8. The van der Waals surface area contributed by atoms with Gasteiger partial charge in [0.25, 0.3) is 0 Å². The lowest BCUT2D eigenvalue weighted by atomic mass is 9.87. The highest BCUT2D eigenvalue weighted by molar-refractivity contribution is 5.87. The van der Waals surface area contributed by atoms with Gasteiger partial charge in [-0.15, -0.1) is 0 Å². The molecular formula is C40H39N3O4. The Balaban J connectivity index is 1.32. The second-order valence-electron chi connectivity index (χ2n) is 11.4. The highest BCUT2D eigenvalue weighted by atomic mass is 16.5. The minimum Gasteiger partial charge on any atom is -0.497 e. The van der Waals surface area contributed by atoms with Crippen LogP contribution in [-0.4, -0.2) is 36.2 Å². The Morgan fingerprint density at radius 2 is 1.60 bits per heavy atom. The van der Waals surface area contributed by atoms with E-state index < -0.39 is 0 Å². The van der Waals surface area contributed by atoms with Gasteiger partial charge in [-0.2, -0.15) is 0 Å². The fourth-order valence-electron chi connectivity index (χ4n) is 5.91. The quantitative estimate of drug-likeness (QED) is 0.135. The van der Waals surface area contributed by atoms with Crippen LogP contribution in [0, 0.1) is 0 Å². The molecule has 1 unspecified atom stereocenters. The van der Waals surface area contributed by atoms with Crippen LogP contribution >= 0.6 is 0 Å². The molecule has 0 radical (unpaired) electrons. The summed E-state index contributed by atoms with van der Waals surface area (Å²) in [5.74, 6) is 1.85. The zero-order chi connectivity index (χ0) is 32.4. The molecule has 1 amide bonds. The number of methoxy groups -OCH3 is 2. The molecule has 2 heterocycles. The lowest BCUT2D eigenvalue weighted by Crippen LogP contribution is -2.27. The molecule has 1 N–H and O–H groups in total. The first-order valence-electron chi connectivity index (χ1n) is 15.8. The lowest BCUT2D eigenvalue weighted by Gasteiger charge is -2.19. The first-order valence-corrected chi connectivity index (χ1v) is 15.8. The fraction of sp³-hybridized carbons (Fsp3) is 0.200. The number of rotatable bonds is 14. The van der Waals surface area contributed by atoms with Crippen molar-refractivity contribution in [3.8, 4) is 17.2 Å². The van der Waals surface area contributed by atoms with Gasteiger partial charge in [-0.3, -0.25) is 9.78 Å². The maximum Gasteiger partial charge on any atom is 0.220 e. The Bertz CT molecular complexity index is 1900. The zero-order valence-corrected chi connectivity index (χ0v) is 26.8. The molecule has 0 aliphatic heterocycles. The van der Waals surface area contributed by atoms with Crippen molar-refractivity contribution in [3.63, 3.8) is 0 Å². The number of carbonyl (C=O) groups excluding carboxylic acids is 1. The minimum atomic E-state index is -0.232. The molecule has 7 heteroatoms. The van der Waals surface area contributed by atoms with Crippen LogP contribution in [0.5, 0.6) is 17.2 Å². The van der Waals surface area contributed by atoms with Crippen molar-refractivity contribution >= 4 is 16.8 Å². The maximum atomic E-state index is 13.6. The predicted molar refractivity (Wildman–Crippen MR) is 185 cm³/mol. The lowest BCUT2D eigenvalue weighted by molar-refractivity contribution is -0.121. The van der Waals surface area contributed by atoms with Crippen molar-refractivity contribution in [1.29, 1.82) is 0 Å². The Hall–Kier alpha value is -5.56. The van der Waals surface area contributed by atoms with E-state index in [-0.39, 0.29) is 18.2 Å². The standard InChI is InChI=1S/C40H39N3O4/c1-45-33-18-15-29(16-19-33)26-43-27-36(34-13-6-7-14-37(34)43)35(25-40(44)42-23-21-32-12-8-9-22-41-32)31-17-20-38(39(24-31)46-2)47-28-30-10-4-3-5-11-30/h3-20,22,24,27,35H,21,23,25-26,28H2,1-2H3,(H,42,44). The summed E-state index contributed by atoms with van der Waals surface area (Å²) in [7, 11) is 3.32. The van der Waals surface area contributed by atoms with E-state index in [1.807, 2.05) is 78.9 Å².